The van der Waals surface area contributed by atoms with Crippen LogP contribution in [-0.2, 0) is 11.2 Å². The largest absolute Gasteiger partial charge is 0.376 e. The number of ether oxygens (including phenoxy) is 1. The van der Waals surface area contributed by atoms with Crippen molar-refractivity contribution in [1.82, 2.24) is 5.32 Å². The van der Waals surface area contributed by atoms with Crippen LogP contribution in [0.2, 0.25) is 0 Å². The summed E-state index contributed by atoms with van der Waals surface area (Å²) in [6.45, 7) is 2.76. The summed E-state index contributed by atoms with van der Waals surface area (Å²) in [5.41, 5.74) is 2.69. The van der Waals surface area contributed by atoms with Gasteiger partial charge in [0.05, 0.1) is 6.10 Å². The number of para-hydroxylation sites is 1. The molecule has 1 atom stereocenters. The van der Waals surface area contributed by atoms with Gasteiger partial charge in [0, 0.05) is 32.4 Å². The molecule has 4 nitrogen and oxygen atoms in total. The summed E-state index contributed by atoms with van der Waals surface area (Å²) in [6, 6.07) is 8.57. The number of nitrogens with zero attached hydrogens (tertiary/aromatic N) is 2. The molecule has 0 amide bonds. The van der Waals surface area contributed by atoms with Gasteiger partial charge in [-0.2, -0.15) is 0 Å². The Bertz CT molecular complexity index is 486. The first kappa shape index (κ1) is 16.5. The highest BCUT2D eigenvalue weighted by atomic mass is 127. The van der Waals surface area contributed by atoms with Gasteiger partial charge in [-0.05, 0) is 37.3 Å². The average molecular weight is 401 g/mol. The third-order valence-corrected chi connectivity index (χ3v) is 4.12. The first-order chi connectivity index (χ1) is 9.88. The molecule has 1 aromatic carbocycles. The molecule has 1 aromatic rings. The van der Waals surface area contributed by atoms with Gasteiger partial charge in [-0.3, -0.25) is 4.99 Å². The van der Waals surface area contributed by atoms with Crippen LogP contribution >= 0.6 is 24.0 Å². The summed E-state index contributed by atoms with van der Waals surface area (Å²) < 4.78 is 5.77. The second kappa shape index (κ2) is 7.98. The lowest BCUT2D eigenvalue weighted by atomic mass is 10.1. The maximum absolute atomic E-state index is 5.77. The van der Waals surface area contributed by atoms with E-state index in [0.29, 0.717) is 6.10 Å². The summed E-state index contributed by atoms with van der Waals surface area (Å²) in [5.74, 6) is 0.962. The summed E-state index contributed by atoms with van der Waals surface area (Å²) >= 11 is 0. The standard InChI is InChI=1S/C16H23N3O.HI/c1-17-16(18-12-14-7-4-5-11-20-14)19-10-9-13-6-2-3-8-15(13)19;/h2-3,6,8,14H,4-5,7,9-12H2,1H3,(H,17,18);1H. The number of nitrogens with one attached hydrogen (secondary N) is 1. The number of rotatable bonds is 2. The van der Waals surface area contributed by atoms with Crippen LogP contribution in [0, 0.1) is 0 Å². The van der Waals surface area contributed by atoms with Crippen molar-refractivity contribution in [1.29, 1.82) is 0 Å². The lowest BCUT2D eigenvalue weighted by Crippen LogP contribution is -2.44. The Kier molecular flexibility index (Phi) is 6.29. The molecular weight excluding hydrogens is 377 g/mol. The Labute approximate surface area is 144 Å². The van der Waals surface area contributed by atoms with Crippen LogP contribution in [-0.4, -0.2) is 38.8 Å². The molecular formula is C16H24IN3O. The highest BCUT2D eigenvalue weighted by Crippen LogP contribution is 2.27. The quantitative estimate of drug-likeness (QED) is 0.471. The van der Waals surface area contributed by atoms with Crippen molar-refractivity contribution in [3.8, 4) is 0 Å². The van der Waals surface area contributed by atoms with Crippen molar-refractivity contribution in [2.24, 2.45) is 4.99 Å². The number of fused-ring (bicyclic) bond motifs is 1. The Balaban J connectivity index is 0.00000161. The predicted molar refractivity (Wildman–Crippen MR) is 97.9 cm³/mol. The minimum Gasteiger partial charge on any atom is -0.376 e. The first-order valence-corrected chi connectivity index (χ1v) is 7.56. The third-order valence-electron chi connectivity index (χ3n) is 4.12. The molecule has 0 radical (unpaired) electrons. The molecule has 1 N–H and O–H groups in total. The fraction of sp³-hybridized carbons (Fsp3) is 0.562. The molecule has 0 saturated carbocycles. The van der Waals surface area contributed by atoms with Crippen molar-refractivity contribution in [2.75, 3.05) is 31.6 Å². The molecule has 21 heavy (non-hydrogen) atoms. The number of guanidine groups is 1. The number of halogens is 1. The topological polar surface area (TPSA) is 36.9 Å². The zero-order chi connectivity index (χ0) is 13.8. The summed E-state index contributed by atoms with van der Waals surface area (Å²) in [6.07, 6.45) is 5.05. The number of benzene rings is 1. The highest BCUT2D eigenvalue weighted by molar-refractivity contribution is 14.0. The van der Waals surface area contributed by atoms with Crippen LogP contribution in [0.25, 0.3) is 0 Å². The van der Waals surface area contributed by atoms with Gasteiger partial charge in [-0.15, -0.1) is 24.0 Å². The van der Waals surface area contributed by atoms with E-state index < -0.39 is 0 Å². The van der Waals surface area contributed by atoms with Crippen LogP contribution in [0.3, 0.4) is 0 Å². The number of hydrogen-bond acceptors (Lipinski definition) is 2. The Hall–Kier alpha value is -0.820. The van der Waals surface area contributed by atoms with Crippen LogP contribution in [0.1, 0.15) is 24.8 Å². The van der Waals surface area contributed by atoms with Crippen molar-refractivity contribution in [3.63, 3.8) is 0 Å². The van der Waals surface area contributed by atoms with Crippen molar-refractivity contribution in [2.45, 2.75) is 31.8 Å². The zero-order valence-corrected chi connectivity index (χ0v) is 14.9. The summed E-state index contributed by atoms with van der Waals surface area (Å²) in [4.78, 5) is 6.71. The lowest BCUT2D eigenvalue weighted by molar-refractivity contribution is 0.0195. The van der Waals surface area contributed by atoms with E-state index in [9.17, 15) is 0 Å². The molecule has 0 bridgehead atoms. The summed E-state index contributed by atoms with van der Waals surface area (Å²) in [5, 5.41) is 3.47. The normalized spacial score (nSPS) is 21.7. The predicted octanol–water partition coefficient (Wildman–Crippen LogP) is 2.81. The smallest absolute Gasteiger partial charge is 0.198 e. The van der Waals surface area contributed by atoms with Gasteiger partial charge in [-0.25, -0.2) is 0 Å². The van der Waals surface area contributed by atoms with Gasteiger partial charge >= 0.3 is 0 Å². The van der Waals surface area contributed by atoms with E-state index in [1.165, 1.54) is 24.1 Å². The molecule has 116 valence electrons. The molecule has 1 saturated heterocycles. The molecule has 5 heteroatoms. The average Bonchev–Trinajstić information content (AvgIpc) is 2.93. The molecule has 3 rings (SSSR count). The molecule has 1 unspecified atom stereocenters. The SMILES string of the molecule is CN=C(NCC1CCCCO1)N1CCc2ccccc21.I. The Morgan fingerprint density at radius 2 is 2.24 bits per heavy atom. The molecule has 0 aromatic heterocycles. The van der Waals surface area contributed by atoms with Gasteiger partial charge in [0.2, 0.25) is 0 Å². The van der Waals surface area contributed by atoms with Gasteiger partial charge in [0.25, 0.3) is 0 Å². The van der Waals surface area contributed by atoms with Gasteiger partial charge < -0.3 is 15.0 Å². The van der Waals surface area contributed by atoms with E-state index in [4.69, 9.17) is 4.74 Å². The van der Waals surface area contributed by atoms with Crippen LogP contribution in [0.15, 0.2) is 29.3 Å². The van der Waals surface area contributed by atoms with Gasteiger partial charge in [0.15, 0.2) is 5.96 Å². The zero-order valence-electron chi connectivity index (χ0n) is 12.5. The van der Waals surface area contributed by atoms with E-state index in [1.54, 1.807) is 0 Å². The number of hydrogen-bond donors (Lipinski definition) is 1. The molecule has 2 heterocycles. The lowest BCUT2D eigenvalue weighted by Gasteiger charge is -2.27. The molecule has 2 aliphatic heterocycles. The van der Waals surface area contributed by atoms with Crippen molar-refractivity contribution in [3.05, 3.63) is 29.8 Å². The number of aliphatic imine (C=N–C) groups is 1. The van der Waals surface area contributed by atoms with Gasteiger partial charge in [-0.1, -0.05) is 18.2 Å². The van der Waals surface area contributed by atoms with Crippen molar-refractivity contribution < 1.29 is 4.74 Å². The van der Waals surface area contributed by atoms with E-state index in [1.807, 2.05) is 7.05 Å². The number of anilines is 1. The van der Waals surface area contributed by atoms with Crippen LogP contribution in [0.4, 0.5) is 5.69 Å². The maximum Gasteiger partial charge on any atom is 0.198 e. The fourth-order valence-corrected chi connectivity index (χ4v) is 3.03. The highest BCUT2D eigenvalue weighted by Gasteiger charge is 2.23. The van der Waals surface area contributed by atoms with Crippen LogP contribution in [0.5, 0.6) is 0 Å². The fourth-order valence-electron chi connectivity index (χ4n) is 3.03. The maximum atomic E-state index is 5.77. The second-order valence-corrected chi connectivity index (χ2v) is 5.45. The van der Waals surface area contributed by atoms with E-state index in [2.05, 4.69) is 39.5 Å². The monoisotopic (exact) mass is 401 g/mol. The molecule has 1 fully saturated rings. The van der Waals surface area contributed by atoms with Gasteiger partial charge in [0.1, 0.15) is 0 Å². The minimum absolute atomic E-state index is 0. The van der Waals surface area contributed by atoms with E-state index >= 15 is 0 Å². The molecule has 2 aliphatic rings. The minimum atomic E-state index is 0. The van der Waals surface area contributed by atoms with Crippen molar-refractivity contribution >= 4 is 35.6 Å². The summed E-state index contributed by atoms with van der Waals surface area (Å²) in [7, 11) is 1.85. The first-order valence-electron chi connectivity index (χ1n) is 7.56. The second-order valence-electron chi connectivity index (χ2n) is 5.45. The molecule has 0 spiro atoms. The Morgan fingerprint density at radius 1 is 1.38 bits per heavy atom. The third kappa shape index (κ3) is 3.88. The molecule has 0 aliphatic carbocycles. The van der Waals surface area contributed by atoms with E-state index in [-0.39, 0.29) is 24.0 Å². The Morgan fingerprint density at radius 3 is 3.00 bits per heavy atom. The van der Waals surface area contributed by atoms with E-state index in [0.717, 1.165) is 38.5 Å². The van der Waals surface area contributed by atoms with Crippen LogP contribution < -0.4 is 10.2 Å².